The summed E-state index contributed by atoms with van der Waals surface area (Å²) in [5, 5.41) is 5.14. The molecule has 0 atom stereocenters. The van der Waals surface area contributed by atoms with Crippen molar-refractivity contribution in [3.8, 4) is 0 Å². The molecule has 0 saturated carbocycles. The summed E-state index contributed by atoms with van der Waals surface area (Å²) in [5.41, 5.74) is 0.968. The number of amides is 2. The first-order chi connectivity index (χ1) is 10.0. The fraction of sp³-hybridized carbons (Fsp3) is 0.0667. The van der Waals surface area contributed by atoms with Crippen LogP contribution >= 0.6 is 22.6 Å². The SMILES string of the molecule is O=C(CNC(=O)c1ccc(F)cc1)Nc1ccc(I)cc1. The van der Waals surface area contributed by atoms with Crippen molar-refractivity contribution in [3.05, 3.63) is 63.5 Å². The Morgan fingerprint density at radius 2 is 1.62 bits per heavy atom. The molecule has 0 saturated heterocycles. The molecule has 6 heteroatoms. The molecule has 0 unspecified atom stereocenters. The van der Waals surface area contributed by atoms with Gasteiger partial charge in [-0.1, -0.05) is 0 Å². The predicted molar refractivity (Wildman–Crippen MR) is 86.5 cm³/mol. The molecule has 2 aromatic carbocycles. The molecule has 21 heavy (non-hydrogen) atoms. The summed E-state index contributed by atoms with van der Waals surface area (Å²) >= 11 is 2.17. The Hall–Kier alpha value is -1.96. The molecule has 2 N–H and O–H groups in total. The molecule has 0 bridgehead atoms. The van der Waals surface area contributed by atoms with Gasteiger partial charge in [0.05, 0.1) is 6.54 Å². The third kappa shape index (κ3) is 4.82. The largest absolute Gasteiger partial charge is 0.343 e. The van der Waals surface area contributed by atoms with Crippen molar-refractivity contribution in [2.75, 3.05) is 11.9 Å². The summed E-state index contributed by atoms with van der Waals surface area (Å²) in [6.45, 7) is -0.151. The quantitative estimate of drug-likeness (QED) is 0.779. The Morgan fingerprint density at radius 3 is 2.24 bits per heavy atom. The van der Waals surface area contributed by atoms with Crippen molar-refractivity contribution in [1.82, 2.24) is 5.32 Å². The van der Waals surface area contributed by atoms with Crippen LogP contribution in [0, 0.1) is 9.39 Å². The monoisotopic (exact) mass is 398 g/mol. The summed E-state index contributed by atoms with van der Waals surface area (Å²) in [6, 6.07) is 12.4. The predicted octanol–water partition coefficient (Wildman–Crippen LogP) is 2.80. The number of nitrogens with one attached hydrogen (secondary N) is 2. The minimum Gasteiger partial charge on any atom is -0.343 e. The smallest absolute Gasteiger partial charge is 0.251 e. The van der Waals surface area contributed by atoms with Crippen molar-refractivity contribution in [1.29, 1.82) is 0 Å². The van der Waals surface area contributed by atoms with Gasteiger partial charge in [-0.15, -0.1) is 0 Å². The highest BCUT2D eigenvalue weighted by Crippen LogP contribution is 2.10. The number of hydrogen-bond acceptors (Lipinski definition) is 2. The normalized spacial score (nSPS) is 10.0. The fourth-order valence-electron chi connectivity index (χ4n) is 1.60. The highest BCUT2D eigenvalue weighted by molar-refractivity contribution is 14.1. The lowest BCUT2D eigenvalue weighted by molar-refractivity contribution is -0.115. The first kappa shape index (κ1) is 15.4. The average Bonchev–Trinajstić information content (AvgIpc) is 2.48. The maximum absolute atomic E-state index is 12.7. The Morgan fingerprint density at radius 1 is 1.00 bits per heavy atom. The van der Waals surface area contributed by atoms with E-state index < -0.39 is 11.7 Å². The zero-order valence-corrected chi connectivity index (χ0v) is 13.1. The molecule has 0 aliphatic heterocycles. The molecule has 2 rings (SSSR count). The van der Waals surface area contributed by atoms with Gasteiger partial charge in [-0.05, 0) is 71.1 Å². The molecule has 0 fully saturated rings. The van der Waals surface area contributed by atoms with Gasteiger partial charge in [-0.3, -0.25) is 9.59 Å². The van der Waals surface area contributed by atoms with E-state index in [2.05, 4.69) is 33.2 Å². The van der Waals surface area contributed by atoms with Gasteiger partial charge in [0, 0.05) is 14.8 Å². The van der Waals surface area contributed by atoms with Crippen molar-refractivity contribution in [2.45, 2.75) is 0 Å². The van der Waals surface area contributed by atoms with E-state index in [-0.39, 0.29) is 12.5 Å². The molecule has 4 nitrogen and oxygen atoms in total. The molecule has 0 spiro atoms. The van der Waals surface area contributed by atoms with Gasteiger partial charge >= 0.3 is 0 Å². The number of anilines is 1. The topological polar surface area (TPSA) is 58.2 Å². The van der Waals surface area contributed by atoms with Crippen LogP contribution in [0.5, 0.6) is 0 Å². The highest BCUT2D eigenvalue weighted by atomic mass is 127. The number of rotatable bonds is 4. The molecule has 0 aliphatic carbocycles. The van der Waals surface area contributed by atoms with Crippen LogP contribution in [0.25, 0.3) is 0 Å². The first-order valence-corrected chi connectivity index (χ1v) is 7.21. The molecule has 0 aromatic heterocycles. The lowest BCUT2D eigenvalue weighted by atomic mass is 10.2. The number of carbonyl (C=O) groups is 2. The van der Waals surface area contributed by atoms with Crippen molar-refractivity contribution >= 4 is 40.1 Å². The maximum Gasteiger partial charge on any atom is 0.251 e. The second-order valence-electron chi connectivity index (χ2n) is 4.24. The van der Waals surface area contributed by atoms with Crippen LogP contribution in [0.3, 0.4) is 0 Å². The standard InChI is InChI=1S/C15H12FIN2O2/c16-11-3-1-10(2-4-11)15(21)18-9-14(20)19-13-7-5-12(17)6-8-13/h1-8H,9H2,(H,18,21)(H,19,20). The van der Waals surface area contributed by atoms with Crippen LogP contribution in [0.15, 0.2) is 48.5 Å². The highest BCUT2D eigenvalue weighted by Gasteiger charge is 2.08. The zero-order valence-electron chi connectivity index (χ0n) is 10.9. The van der Waals surface area contributed by atoms with Crippen LogP contribution in [0.1, 0.15) is 10.4 Å². The van der Waals surface area contributed by atoms with Gasteiger partial charge in [-0.2, -0.15) is 0 Å². The second kappa shape index (κ2) is 7.16. The van der Waals surface area contributed by atoms with Crippen molar-refractivity contribution in [3.63, 3.8) is 0 Å². The van der Waals surface area contributed by atoms with Gasteiger partial charge in [0.25, 0.3) is 5.91 Å². The van der Waals surface area contributed by atoms with Crippen LogP contribution in [-0.4, -0.2) is 18.4 Å². The van der Waals surface area contributed by atoms with Crippen molar-refractivity contribution < 1.29 is 14.0 Å². The van der Waals surface area contributed by atoms with Gasteiger partial charge < -0.3 is 10.6 Å². The molecule has 0 aliphatic rings. The Labute approximate surface area is 134 Å². The lowest BCUT2D eigenvalue weighted by Gasteiger charge is -2.07. The first-order valence-electron chi connectivity index (χ1n) is 6.14. The Kier molecular flexibility index (Phi) is 5.26. The van der Waals surface area contributed by atoms with E-state index >= 15 is 0 Å². The van der Waals surface area contributed by atoms with E-state index in [0.717, 1.165) is 3.57 Å². The van der Waals surface area contributed by atoms with E-state index in [1.54, 1.807) is 12.1 Å². The fourth-order valence-corrected chi connectivity index (χ4v) is 1.96. The lowest BCUT2D eigenvalue weighted by Crippen LogP contribution is -2.32. The molecule has 2 amide bonds. The average molecular weight is 398 g/mol. The van der Waals surface area contributed by atoms with Crippen LogP contribution < -0.4 is 10.6 Å². The summed E-state index contributed by atoms with van der Waals surface area (Å²) in [5.74, 6) is -1.16. The molecule has 2 aromatic rings. The van der Waals surface area contributed by atoms with E-state index in [1.807, 2.05) is 12.1 Å². The zero-order chi connectivity index (χ0) is 15.2. The van der Waals surface area contributed by atoms with Crippen LogP contribution in [0.2, 0.25) is 0 Å². The van der Waals surface area contributed by atoms with Crippen LogP contribution in [-0.2, 0) is 4.79 Å². The van der Waals surface area contributed by atoms with Crippen molar-refractivity contribution in [2.24, 2.45) is 0 Å². The summed E-state index contributed by atoms with van der Waals surface area (Å²) < 4.78 is 13.8. The number of benzene rings is 2. The summed E-state index contributed by atoms with van der Waals surface area (Å²) in [6.07, 6.45) is 0. The van der Waals surface area contributed by atoms with Gasteiger partial charge in [0.15, 0.2) is 0 Å². The van der Waals surface area contributed by atoms with Gasteiger partial charge in [0.2, 0.25) is 5.91 Å². The van der Waals surface area contributed by atoms with E-state index in [9.17, 15) is 14.0 Å². The minimum absolute atomic E-state index is 0.151. The Balaban J connectivity index is 1.84. The molecule has 0 heterocycles. The van der Waals surface area contributed by atoms with Gasteiger partial charge in [0.1, 0.15) is 5.82 Å². The molecule has 0 radical (unpaired) electrons. The van der Waals surface area contributed by atoms with Gasteiger partial charge in [-0.25, -0.2) is 4.39 Å². The van der Waals surface area contributed by atoms with E-state index in [4.69, 9.17) is 0 Å². The molecular weight excluding hydrogens is 386 g/mol. The van der Waals surface area contributed by atoms with E-state index in [0.29, 0.717) is 11.3 Å². The molecule has 108 valence electrons. The second-order valence-corrected chi connectivity index (χ2v) is 5.49. The summed E-state index contributed by atoms with van der Waals surface area (Å²) in [7, 11) is 0. The molecular formula is C15H12FIN2O2. The number of halogens is 2. The van der Waals surface area contributed by atoms with E-state index in [1.165, 1.54) is 24.3 Å². The minimum atomic E-state index is -0.423. The summed E-state index contributed by atoms with van der Waals surface area (Å²) in [4.78, 5) is 23.4. The maximum atomic E-state index is 12.7. The number of carbonyl (C=O) groups excluding carboxylic acids is 2. The third-order valence-corrected chi connectivity index (χ3v) is 3.36. The third-order valence-electron chi connectivity index (χ3n) is 2.64. The number of hydrogen-bond donors (Lipinski definition) is 2. The van der Waals surface area contributed by atoms with Crippen LogP contribution in [0.4, 0.5) is 10.1 Å². The Bertz CT molecular complexity index is 642.